The second kappa shape index (κ2) is 6.12. The van der Waals surface area contributed by atoms with Crippen molar-refractivity contribution in [3.05, 3.63) is 52.7 Å². The second-order valence-corrected chi connectivity index (χ2v) is 5.33. The summed E-state index contributed by atoms with van der Waals surface area (Å²) >= 11 is 7.78. The van der Waals surface area contributed by atoms with Gasteiger partial charge in [-0.1, -0.05) is 23.7 Å². The van der Waals surface area contributed by atoms with Gasteiger partial charge in [0.2, 0.25) is 0 Å². The van der Waals surface area contributed by atoms with Crippen molar-refractivity contribution in [3.63, 3.8) is 0 Å². The fraction of sp³-hybridized carbons (Fsp3) is 0.214. The van der Waals surface area contributed by atoms with Crippen LogP contribution in [0.15, 0.2) is 41.6 Å². The Labute approximate surface area is 116 Å². The van der Waals surface area contributed by atoms with Gasteiger partial charge < -0.3 is 4.74 Å². The van der Waals surface area contributed by atoms with Gasteiger partial charge in [-0.25, -0.2) is 4.98 Å². The van der Waals surface area contributed by atoms with Crippen LogP contribution < -0.4 is 4.74 Å². The van der Waals surface area contributed by atoms with Crippen LogP contribution in [-0.2, 0) is 5.75 Å². The third-order valence-electron chi connectivity index (χ3n) is 2.49. The van der Waals surface area contributed by atoms with Crippen LogP contribution in [0.2, 0.25) is 5.02 Å². The Morgan fingerprint density at radius 2 is 2.11 bits per heavy atom. The third kappa shape index (κ3) is 3.40. The lowest BCUT2D eigenvalue weighted by Crippen LogP contribution is -1.87. The molecule has 4 heteroatoms. The van der Waals surface area contributed by atoms with E-state index in [-0.39, 0.29) is 0 Å². The van der Waals surface area contributed by atoms with Gasteiger partial charge in [-0.05, 0) is 36.2 Å². The maximum absolute atomic E-state index is 6.08. The predicted octanol–water partition coefficient (Wildman–Crippen LogP) is 4.34. The zero-order valence-corrected chi connectivity index (χ0v) is 11.9. The van der Waals surface area contributed by atoms with Gasteiger partial charge in [0.15, 0.2) is 0 Å². The predicted molar refractivity (Wildman–Crippen MR) is 76.5 cm³/mol. The highest BCUT2D eigenvalue weighted by molar-refractivity contribution is 7.98. The Kier molecular flexibility index (Phi) is 4.50. The number of ether oxygens (including phenoxy) is 1. The Hall–Kier alpha value is -1.19. The molecule has 0 bridgehead atoms. The number of aryl methyl sites for hydroxylation is 1. The van der Waals surface area contributed by atoms with Gasteiger partial charge >= 0.3 is 0 Å². The first-order valence-corrected chi connectivity index (χ1v) is 6.93. The third-order valence-corrected chi connectivity index (χ3v) is 3.80. The quantitative estimate of drug-likeness (QED) is 0.777. The van der Waals surface area contributed by atoms with E-state index in [2.05, 4.69) is 11.1 Å². The van der Waals surface area contributed by atoms with Crippen molar-refractivity contribution in [1.29, 1.82) is 0 Å². The van der Waals surface area contributed by atoms with Crippen molar-refractivity contribution < 1.29 is 4.74 Å². The molecule has 0 saturated carbocycles. The van der Waals surface area contributed by atoms with Crippen molar-refractivity contribution >= 4 is 23.4 Å². The standard InChI is InChI=1S/C14H14ClNOS/c1-10-3-6-14(16-8-10)18-9-11-4-5-13(17-2)12(15)7-11/h3-8H,9H2,1-2H3. The van der Waals surface area contributed by atoms with Gasteiger partial charge in [0.1, 0.15) is 5.75 Å². The molecule has 0 aliphatic heterocycles. The van der Waals surface area contributed by atoms with Gasteiger partial charge in [0.05, 0.1) is 17.2 Å². The lowest BCUT2D eigenvalue weighted by Gasteiger charge is -2.06. The molecule has 0 amide bonds. The van der Waals surface area contributed by atoms with E-state index < -0.39 is 0 Å². The van der Waals surface area contributed by atoms with Crippen molar-refractivity contribution in [3.8, 4) is 5.75 Å². The summed E-state index contributed by atoms with van der Waals surface area (Å²) in [5, 5.41) is 1.67. The Bertz CT molecular complexity index is 528. The number of aromatic nitrogens is 1. The molecule has 1 aromatic heterocycles. The molecular weight excluding hydrogens is 266 g/mol. The summed E-state index contributed by atoms with van der Waals surface area (Å²) in [6, 6.07) is 9.94. The van der Waals surface area contributed by atoms with Gasteiger partial charge in [0.25, 0.3) is 0 Å². The summed E-state index contributed by atoms with van der Waals surface area (Å²) in [5.41, 5.74) is 2.33. The number of halogens is 1. The summed E-state index contributed by atoms with van der Waals surface area (Å²) in [5.74, 6) is 1.55. The minimum absolute atomic E-state index is 0.646. The van der Waals surface area contributed by atoms with Gasteiger partial charge in [-0.2, -0.15) is 0 Å². The first kappa shape index (κ1) is 13.2. The maximum atomic E-state index is 6.08. The molecule has 0 fully saturated rings. The first-order chi connectivity index (χ1) is 8.69. The minimum atomic E-state index is 0.646. The van der Waals surface area contributed by atoms with E-state index in [0.29, 0.717) is 10.8 Å². The fourth-order valence-corrected chi connectivity index (χ4v) is 2.56. The molecule has 2 aromatic rings. The number of pyridine rings is 1. The van der Waals surface area contributed by atoms with E-state index in [1.165, 1.54) is 5.56 Å². The number of rotatable bonds is 4. The number of benzene rings is 1. The van der Waals surface area contributed by atoms with Crippen LogP contribution >= 0.6 is 23.4 Å². The summed E-state index contributed by atoms with van der Waals surface area (Å²) < 4.78 is 5.12. The zero-order valence-electron chi connectivity index (χ0n) is 10.3. The number of nitrogens with zero attached hydrogens (tertiary/aromatic N) is 1. The van der Waals surface area contributed by atoms with Gasteiger partial charge in [-0.3, -0.25) is 0 Å². The van der Waals surface area contributed by atoms with E-state index >= 15 is 0 Å². The SMILES string of the molecule is COc1ccc(CSc2ccc(C)cn2)cc1Cl. The molecule has 0 N–H and O–H groups in total. The highest BCUT2D eigenvalue weighted by Crippen LogP contribution is 2.28. The number of thioether (sulfide) groups is 1. The Morgan fingerprint density at radius 1 is 1.28 bits per heavy atom. The summed E-state index contributed by atoms with van der Waals surface area (Å²) in [6.07, 6.45) is 1.88. The molecule has 0 radical (unpaired) electrons. The van der Waals surface area contributed by atoms with Crippen LogP contribution in [0, 0.1) is 6.92 Å². The largest absolute Gasteiger partial charge is 0.495 e. The summed E-state index contributed by atoms with van der Waals surface area (Å²) in [4.78, 5) is 4.35. The van der Waals surface area contributed by atoms with Crippen molar-refractivity contribution in [2.24, 2.45) is 0 Å². The van der Waals surface area contributed by atoms with Gasteiger partial charge in [-0.15, -0.1) is 11.8 Å². The molecular formula is C14H14ClNOS. The average molecular weight is 280 g/mol. The minimum Gasteiger partial charge on any atom is -0.495 e. The summed E-state index contributed by atoms with van der Waals surface area (Å²) in [7, 11) is 1.62. The molecule has 0 aliphatic rings. The monoisotopic (exact) mass is 279 g/mol. The molecule has 1 aromatic carbocycles. The molecule has 0 aliphatic carbocycles. The average Bonchev–Trinajstić information content (AvgIpc) is 2.38. The van der Waals surface area contributed by atoms with Crippen LogP contribution in [0.4, 0.5) is 0 Å². The molecule has 0 unspecified atom stereocenters. The maximum Gasteiger partial charge on any atom is 0.137 e. The van der Waals surface area contributed by atoms with Crippen LogP contribution in [0.5, 0.6) is 5.75 Å². The Morgan fingerprint density at radius 3 is 2.72 bits per heavy atom. The molecule has 1 heterocycles. The fourth-order valence-electron chi connectivity index (χ4n) is 1.50. The zero-order chi connectivity index (χ0) is 13.0. The van der Waals surface area contributed by atoms with E-state index in [4.69, 9.17) is 16.3 Å². The highest BCUT2D eigenvalue weighted by atomic mass is 35.5. The van der Waals surface area contributed by atoms with Crippen LogP contribution in [0.25, 0.3) is 0 Å². The molecule has 0 atom stereocenters. The normalized spacial score (nSPS) is 10.4. The highest BCUT2D eigenvalue weighted by Gasteiger charge is 2.03. The number of methoxy groups -OCH3 is 1. The molecule has 2 nitrogen and oxygen atoms in total. The molecule has 0 spiro atoms. The lowest BCUT2D eigenvalue weighted by molar-refractivity contribution is 0.415. The Balaban J connectivity index is 2.02. The van der Waals surface area contributed by atoms with E-state index in [0.717, 1.165) is 16.3 Å². The second-order valence-electron chi connectivity index (χ2n) is 3.93. The van der Waals surface area contributed by atoms with E-state index in [1.54, 1.807) is 18.9 Å². The lowest BCUT2D eigenvalue weighted by atomic mass is 10.2. The van der Waals surface area contributed by atoms with Crippen molar-refractivity contribution in [2.45, 2.75) is 17.7 Å². The molecule has 0 saturated heterocycles. The topological polar surface area (TPSA) is 22.1 Å². The van der Waals surface area contributed by atoms with Crippen LogP contribution in [0.3, 0.4) is 0 Å². The van der Waals surface area contributed by atoms with Crippen molar-refractivity contribution in [2.75, 3.05) is 7.11 Å². The first-order valence-electron chi connectivity index (χ1n) is 5.57. The van der Waals surface area contributed by atoms with E-state index in [9.17, 15) is 0 Å². The van der Waals surface area contributed by atoms with E-state index in [1.807, 2.05) is 37.4 Å². The van der Waals surface area contributed by atoms with Gasteiger partial charge in [0, 0.05) is 11.9 Å². The number of hydrogen-bond donors (Lipinski definition) is 0. The number of hydrogen-bond acceptors (Lipinski definition) is 3. The van der Waals surface area contributed by atoms with Crippen LogP contribution in [-0.4, -0.2) is 12.1 Å². The van der Waals surface area contributed by atoms with Crippen LogP contribution in [0.1, 0.15) is 11.1 Å². The smallest absolute Gasteiger partial charge is 0.137 e. The molecule has 2 rings (SSSR count). The summed E-state index contributed by atoms with van der Waals surface area (Å²) in [6.45, 7) is 2.03. The molecule has 94 valence electrons. The van der Waals surface area contributed by atoms with Crippen molar-refractivity contribution in [1.82, 2.24) is 4.98 Å². The molecule has 18 heavy (non-hydrogen) atoms.